The minimum atomic E-state index is 0.518. The lowest BCUT2D eigenvalue weighted by Gasteiger charge is -2.26. The zero-order valence-electron chi connectivity index (χ0n) is 12.3. The molecule has 2 rings (SSSR count). The first-order valence-electron chi connectivity index (χ1n) is 7.13. The third kappa shape index (κ3) is 4.35. The van der Waals surface area contributed by atoms with Crippen molar-refractivity contribution in [3.63, 3.8) is 0 Å². The van der Waals surface area contributed by atoms with E-state index in [2.05, 4.69) is 54.1 Å². The number of hydrogen-bond acceptors (Lipinski definition) is 3. The van der Waals surface area contributed by atoms with Gasteiger partial charge in [-0.3, -0.25) is 9.88 Å². The Morgan fingerprint density at radius 1 is 1.10 bits per heavy atom. The molecule has 0 saturated carbocycles. The maximum absolute atomic E-state index is 5.66. The Bertz CT molecular complexity index is 506. The Hall–Kier alpha value is -1.87. The number of hydrogen-bond donors (Lipinski definition) is 1. The molecule has 20 heavy (non-hydrogen) atoms. The van der Waals surface area contributed by atoms with E-state index in [1.807, 2.05) is 12.1 Å². The fraction of sp³-hybridized carbons (Fsp3) is 0.353. The first-order valence-corrected chi connectivity index (χ1v) is 7.13. The van der Waals surface area contributed by atoms with Gasteiger partial charge < -0.3 is 5.73 Å². The molecule has 0 unspecified atom stereocenters. The van der Waals surface area contributed by atoms with E-state index in [9.17, 15) is 0 Å². The van der Waals surface area contributed by atoms with Crippen molar-refractivity contribution in [3.8, 4) is 0 Å². The van der Waals surface area contributed by atoms with Gasteiger partial charge in [0, 0.05) is 31.2 Å². The highest BCUT2D eigenvalue weighted by molar-refractivity contribution is 5.34. The molecule has 0 aliphatic rings. The summed E-state index contributed by atoms with van der Waals surface area (Å²) in [5.74, 6) is 0. The molecule has 0 radical (unpaired) electrons. The highest BCUT2D eigenvalue weighted by atomic mass is 15.1. The van der Waals surface area contributed by atoms with Crippen molar-refractivity contribution in [2.24, 2.45) is 0 Å². The van der Waals surface area contributed by atoms with E-state index in [4.69, 9.17) is 5.73 Å². The Kier molecular flexibility index (Phi) is 5.13. The minimum absolute atomic E-state index is 0.518. The molecular weight excluding hydrogens is 246 g/mol. The topological polar surface area (TPSA) is 42.1 Å². The molecule has 0 atom stereocenters. The van der Waals surface area contributed by atoms with Gasteiger partial charge in [0.1, 0.15) is 0 Å². The fourth-order valence-electron chi connectivity index (χ4n) is 2.18. The van der Waals surface area contributed by atoms with Gasteiger partial charge in [-0.1, -0.05) is 30.3 Å². The highest BCUT2D eigenvalue weighted by Crippen LogP contribution is 2.10. The van der Waals surface area contributed by atoms with Crippen LogP contribution in [0.2, 0.25) is 0 Å². The van der Waals surface area contributed by atoms with Crippen LogP contribution in [0.25, 0.3) is 0 Å². The Morgan fingerprint density at radius 2 is 1.85 bits per heavy atom. The minimum Gasteiger partial charge on any atom is -0.397 e. The summed E-state index contributed by atoms with van der Waals surface area (Å²) in [6, 6.07) is 15.0. The normalized spacial score (nSPS) is 11.2. The van der Waals surface area contributed by atoms with Crippen molar-refractivity contribution in [3.05, 3.63) is 59.9 Å². The average Bonchev–Trinajstić information content (AvgIpc) is 2.46. The number of benzene rings is 1. The van der Waals surface area contributed by atoms with Crippen molar-refractivity contribution < 1.29 is 0 Å². The molecule has 0 aliphatic carbocycles. The first-order chi connectivity index (χ1) is 9.65. The molecule has 0 aliphatic heterocycles. The van der Waals surface area contributed by atoms with Crippen LogP contribution < -0.4 is 5.73 Å². The SMILES string of the molecule is CC(C)N(CCc1ccc(N)cn1)Cc1ccccc1. The summed E-state index contributed by atoms with van der Waals surface area (Å²) in [4.78, 5) is 6.83. The fourth-order valence-corrected chi connectivity index (χ4v) is 2.18. The smallest absolute Gasteiger partial charge is 0.0501 e. The molecule has 3 heteroatoms. The third-order valence-electron chi connectivity index (χ3n) is 3.46. The summed E-state index contributed by atoms with van der Waals surface area (Å²) in [6.45, 7) is 6.45. The van der Waals surface area contributed by atoms with Crippen molar-refractivity contribution in [2.75, 3.05) is 12.3 Å². The van der Waals surface area contributed by atoms with Gasteiger partial charge in [-0.25, -0.2) is 0 Å². The molecule has 0 fully saturated rings. The number of rotatable bonds is 6. The van der Waals surface area contributed by atoms with Crippen LogP contribution in [0.3, 0.4) is 0 Å². The van der Waals surface area contributed by atoms with Gasteiger partial charge in [-0.05, 0) is 31.5 Å². The summed E-state index contributed by atoms with van der Waals surface area (Å²) in [5, 5.41) is 0. The quantitative estimate of drug-likeness (QED) is 0.876. The molecule has 1 aromatic heterocycles. The molecule has 1 aromatic carbocycles. The van der Waals surface area contributed by atoms with Crippen molar-refractivity contribution in [1.82, 2.24) is 9.88 Å². The van der Waals surface area contributed by atoms with Gasteiger partial charge in [0.05, 0.1) is 11.9 Å². The van der Waals surface area contributed by atoms with E-state index in [-0.39, 0.29) is 0 Å². The molecule has 0 bridgehead atoms. The third-order valence-corrected chi connectivity index (χ3v) is 3.46. The van der Waals surface area contributed by atoms with Crippen LogP contribution in [0.4, 0.5) is 5.69 Å². The van der Waals surface area contributed by atoms with Gasteiger partial charge in [-0.2, -0.15) is 0 Å². The number of nitrogens with two attached hydrogens (primary N) is 1. The Labute approximate surface area is 121 Å². The molecule has 1 heterocycles. The Morgan fingerprint density at radius 3 is 2.45 bits per heavy atom. The van der Waals surface area contributed by atoms with Crippen molar-refractivity contribution in [1.29, 1.82) is 0 Å². The number of pyridine rings is 1. The zero-order valence-corrected chi connectivity index (χ0v) is 12.3. The summed E-state index contributed by atoms with van der Waals surface area (Å²) in [5.41, 5.74) is 8.83. The summed E-state index contributed by atoms with van der Waals surface area (Å²) in [6.07, 6.45) is 2.68. The number of aromatic nitrogens is 1. The lowest BCUT2D eigenvalue weighted by Crippen LogP contribution is -2.32. The van der Waals surface area contributed by atoms with Crippen LogP contribution in [0.15, 0.2) is 48.7 Å². The molecule has 2 aromatic rings. The number of anilines is 1. The number of nitrogens with zero attached hydrogens (tertiary/aromatic N) is 2. The summed E-state index contributed by atoms with van der Waals surface area (Å²) < 4.78 is 0. The van der Waals surface area contributed by atoms with E-state index in [1.54, 1.807) is 6.20 Å². The molecular formula is C17H23N3. The van der Waals surface area contributed by atoms with Crippen LogP contribution in [0.1, 0.15) is 25.1 Å². The zero-order chi connectivity index (χ0) is 14.4. The van der Waals surface area contributed by atoms with Crippen molar-refractivity contribution in [2.45, 2.75) is 32.9 Å². The lowest BCUT2D eigenvalue weighted by atomic mass is 10.1. The van der Waals surface area contributed by atoms with E-state index in [0.717, 1.165) is 30.9 Å². The van der Waals surface area contributed by atoms with Gasteiger partial charge in [0.15, 0.2) is 0 Å². The van der Waals surface area contributed by atoms with E-state index < -0.39 is 0 Å². The first kappa shape index (κ1) is 14.5. The predicted octanol–water partition coefficient (Wildman–Crippen LogP) is 3.12. The van der Waals surface area contributed by atoms with Crippen LogP contribution >= 0.6 is 0 Å². The van der Waals surface area contributed by atoms with Gasteiger partial charge in [0.2, 0.25) is 0 Å². The molecule has 0 saturated heterocycles. The van der Waals surface area contributed by atoms with E-state index >= 15 is 0 Å². The monoisotopic (exact) mass is 269 g/mol. The van der Waals surface area contributed by atoms with Crippen LogP contribution in [0.5, 0.6) is 0 Å². The van der Waals surface area contributed by atoms with Crippen LogP contribution in [-0.4, -0.2) is 22.5 Å². The standard InChI is InChI=1S/C17H23N3/c1-14(2)20(13-15-6-4-3-5-7-15)11-10-17-9-8-16(18)12-19-17/h3-9,12,14H,10-11,13,18H2,1-2H3. The average molecular weight is 269 g/mol. The van der Waals surface area contributed by atoms with Gasteiger partial charge >= 0.3 is 0 Å². The lowest BCUT2D eigenvalue weighted by molar-refractivity contribution is 0.215. The molecule has 2 N–H and O–H groups in total. The van der Waals surface area contributed by atoms with E-state index in [1.165, 1.54) is 5.56 Å². The second-order valence-electron chi connectivity index (χ2n) is 5.38. The number of nitrogen functional groups attached to an aromatic ring is 1. The molecule has 3 nitrogen and oxygen atoms in total. The van der Waals surface area contributed by atoms with Crippen LogP contribution in [-0.2, 0) is 13.0 Å². The maximum Gasteiger partial charge on any atom is 0.0501 e. The highest BCUT2D eigenvalue weighted by Gasteiger charge is 2.10. The molecule has 106 valence electrons. The maximum atomic E-state index is 5.66. The van der Waals surface area contributed by atoms with Gasteiger partial charge in [-0.15, -0.1) is 0 Å². The second kappa shape index (κ2) is 7.06. The van der Waals surface area contributed by atoms with E-state index in [0.29, 0.717) is 6.04 Å². The second-order valence-corrected chi connectivity index (χ2v) is 5.38. The Balaban J connectivity index is 1.94. The predicted molar refractivity (Wildman–Crippen MR) is 84.3 cm³/mol. The summed E-state index contributed by atoms with van der Waals surface area (Å²) in [7, 11) is 0. The van der Waals surface area contributed by atoms with Gasteiger partial charge in [0.25, 0.3) is 0 Å². The largest absolute Gasteiger partial charge is 0.397 e. The molecule has 0 spiro atoms. The van der Waals surface area contributed by atoms with Crippen molar-refractivity contribution >= 4 is 5.69 Å². The summed E-state index contributed by atoms with van der Waals surface area (Å²) >= 11 is 0. The molecule has 0 amide bonds. The van der Waals surface area contributed by atoms with Crippen LogP contribution in [0, 0.1) is 0 Å².